The second-order valence-corrected chi connectivity index (χ2v) is 7.32. The number of carbonyl (C=O) groups is 1. The first kappa shape index (κ1) is 18.0. The predicted octanol–water partition coefficient (Wildman–Crippen LogP) is 1.26. The highest BCUT2D eigenvalue weighted by molar-refractivity contribution is 7.89. The number of hydrogen-bond acceptors (Lipinski definition) is 4. The van der Waals surface area contributed by atoms with Crippen LogP contribution in [0.25, 0.3) is 0 Å². The Morgan fingerprint density at radius 2 is 1.83 bits per heavy atom. The lowest BCUT2D eigenvalue weighted by molar-refractivity contribution is 0.0966. The molecule has 2 rings (SSSR count). The molecule has 0 bridgehead atoms. The summed E-state index contributed by atoms with van der Waals surface area (Å²) in [4.78, 5) is 23.7. The minimum atomic E-state index is -3.80. The zero-order valence-corrected chi connectivity index (χ0v) is 13.7. The fraction of sp³-hybridized carbons (Fsp3) is 0.200. The van der Waals surface area contributed by atoms with Gasteiger partial charge in [0, 0.05) is 26.4 Å². The van der Waals surface area contributed by atoms with Crippen molar-refractivity contribution < 1.29 is 22.0 Å². The van der Waals surface area contributed by atoms with Crippen molar-refractivity contribution in [1.29, 1.82) is 0 Å². The number of ketones is 1. The minimum absolute atomic E-state index is 0.195. The number of carbonyl (C=O) groups excluding carboxylic acids is 1. The molecule has 9 heteroatoms. The molecular weight excluding hydrogens is 342 g/mol. The normalized spacial score (nSPS) is 11.7. The van der Waals surface area contributed by atoms with E-state index < -0.39 is 45.1 Å². The number of halogens is 2. The lowest BCUT2D eigenvalue weighted by Gasteiger charge is -2.13. The number of benzene rings is 1. The summed E-state index contributed by atoms with van der Waals surface area (Å²) in [7, 11) is -1.17. The van der Waals surface area contributed by atoms with Crippen molar-refractivity contribution in [3.63, 3.8) is 0 Å². The fourth-order valence-electron chi connectivity index (χ4n) is 1.95. The first-order valence-corrected chi connectivity index (χ1v) is 8.18. The number of sulfonamides is 1. The van der Waals surface area contributed by atoms with Crippen molar-refractivity contribution in [3.05, 3.63) is 64.1 Å². The van der Waals surface area contributed by atoms with E-state index in [1.165, 1.54) is 14.1 Å². The molecule has 0 saturated heterocycles. The molecule has 2 aromatic rings. The van der Waals surface area contributed by atoms with E-state index in [9.17, 15) is 26.8 Å². The van der Waals surface area contributed by atoms with Crippen LogP contribution in [-0.4, -0.2) is 37.2 Å². The van der Waals surface area contributed by atoms with E-state index in [1.54, 1.807) is 0 Å². The number of pyridine rings is 1. The van der Waals surface area contributed by atoms with Crippen LogP contribution in [0.2, 0.25) is 0 Å². The van der Waals surface area contributed by atoms with Gasteiger partial charge in [0.25, 0.3) is 5.56 Å². The van der Waals surface area contributed by atoms with Gasteiger partial charge in [-0.25, -0.2) is 21.5 Å². The van der Waals surface area contributed by atoms with Crippen LogP contribution in [0.5, 0.6) is 0 Å². The number of rotatable bonds is 5. The summed E-state index contributed by atoms with van der Waals surface area (Å²) in [5.41, 5.74) is -1.15. The van der Waals surface area contributed by atoms with Crippen molar-refractivity contribution in [2.75, 3.05) is 14.1 Å². The maximum absolute atomic E-state index is 13.6. The third-order valence-corrected chi connectivity index (χ3v) is 5.08. The van der Waals surface area contributed by atoms with Crippen LogP contribution in [0, 0.1) is 11.6 Å². The van der Waals surface area contributed by atoms with Gasteiger partial charge in [-0.3, -0.25) is 9.59 Å². The lowest BCUT2D eigenvalue weighted by atomic mass is 10.1. The van der Waals surface area contributed by atoms with Crippen molar-refractivity contribution in [1.82, 2.24) is 8.87 Å². The van der Waals surface area contributed by atoms with Crippen molar-refractivity contribution >= 4 is 15.8 Å². The maximum Gasteiger partial charge on any atom is 0.251 e. The average Bonchev–Trinajstić information content (AvgIpc) is 2.51. The van der Waals surface area contributed by atoms with Crippen LogP contribution in [0.1, 0.15) is 10.4 Å². The predicted molar refractivity (Wildman–Crippen MR) is 82.3 cm³/mol. The minimum Gasteiger partial charge on any atom is -0.306 e. The fourth-order valence-corrected chi connectivity index (χ4v) is 2.87. The van der Waals surface area contributed by atoms with Crippen LogP contribution in [0.15, 0.2) is 46.2 Å². The van der Waals surface area contributed by atoms with Gasteiger partial charge in [0.05, 0.1) is 17.0 Å². The Labute approximate surface area is 137 Å². The summed E-state index contributed by atoms with van der Waals surface area (Å²) in [5.74, 6) is -2.57. The molecule has 1 aromatic carbocycles. The Bertz CT molecular complexity index is 952. The summed E-state index contributed by atoms with van der Waals surface area (Å²) in [6, 6.07) is 4.50. The molecule has 24 heavy (non-hydrogen) atoms. The number of aromatic nitrogens is 1. The van der Waals surface area contributed by atoms with Crippen LogP contribution in [0.4, 0.5) is 8.78 Å². The zero-order valence-electron chi connectivity index (χ0n) is 12.9. The first-order valence-electron chi connectivity index (χ1n) is 6.74. The van der Waals surface area contributed by atoms with Gasteiger partial charge in [-0.1, -0.05) is 0 Å². The van der Waals surface area contributed by atoms with E-state index in [-0.39, 0.29) is 4.90 Å². The standard InChI is InChI=1S/C15H14F2N2O4S/c1-18(2)24(22,23)11-4-6-15(21)19(8-11)9-14(20)12-7-10(16)3-5-13(12)17/h3-8H,9H2,1-2H3. The first-order chi connectivity index (χ1) is 11.1. The Morgan fingerprint density at radius 1 is 1.17 bits per heavy atom. The molecule has 0 spiro atoms. The summed E-state index contributed by atoms with van der Waals surface area (Å²) in [5, 5.41) is 0. The molecule has 0 saturated carbocycles. The van der Waals surface area contributed by atoms with Gasteiger partial charge in [-0.15, -0.1) is 0 Å². The van der Waals surface area contributed by atoms with Crippen molar-refractivity contribution in [2.45, 2.75) is 11.4 Å². The molecule has 0 aliphatic heterocycles. The third kappa shape index (κ3) is 3.57. The van der Waals surface area contributed by atoms with Crippen LogP contribution >= 0.6 is 0 Å². The molecule has 128 valence electrons. The van der Waals surface area contributed by atoms with Gasteiger partial charge in [0.2, 0.25) is 10.0 Å². The van der Waals surface area contributed by atoms with Gasteiger partial charge in [-0.05, 0) is 24.3 Å². The molecule has 0 radical (unpaired) electrons. The molecule has 0 fully saturated rings. The Morgan fingerprint density at radius 3 is 2.46 bits per heavy atom. The third-order valence-electron chi connectivity index (χ3n) is 3.28. The van der Waals surface area contributed by atoms with Crippen LogP contribution in [0.3, 0.4) is 0 Å². The highest BCUT2D eigenvalue weighted by atomic mass is 32.2. The Balaban J connectivity index is 2.41. The summed E-state index contributed by atoms with van der Waals surface area (Å²) < 4.78 is 52.7. The van der Waals surface area contributed by atoms with E-state index in [2.05, 4.69) is 0 Å². The van der Waals surface area contributed by atoms with Gasteiger partial charge in [0.15, 0.2) is 5.78 Å². The van der Waals surface area contributed by atoms with E-state index >= 15 is 0 Å². The van der Waals surface area contributed by atoms with Gasteiger partial charge in [0.1, 0.15) is 11.6 Å². The summed E-state index contributed by atoms with van der Waals surface area (Å²) >= 11 is 0. The summed E-state index contributed by atoms with van der Waals surface area (Å²) in [6.45, 7) is -0.615. The topological polar surface area (TPSA) is 76.5 Å². The van der Waals surface area contributed by atoms with E-state index in [0.717, 1.165) is 45.4 Å². The Hall–Kier alpha value is -2.39. The lowest BCUT2D eigenvalue weighted by Crippen LogP contribution is -2.27. The molecular formula is C15H14F2N2O4S. The molecule has 0 aliphatic rings. The van der Waals surface area contributed by atoms with Gasteiger partial charge < -0.3 is 4.57 Å². The average molecular weight is 356 g/mol. The molecule has 1 heterocycles. The summed E-state index contributed by atoms with van der Waals surface area (Å²) in [6.07, 6.45) is 0.993. The highest BCUT2D eigenvalue weighted by Crippen LogP contribution is 2.13. The molecule has 6 nitrogen and oxygen atoms in total. The number of Topliss-reactive ketones (excluding diaryl/α,β-unsaturated/α-hetero) is 1. The van der Waals surface area contributed by atoms with Crippen LogP contribution in [-0.2, 0) is 16.6 Å². The monoisotopic (exact) mass is 356 g/mol. The van der Waals surface area contributed by atoms with Crippen molar-refractivity contribution in [3.8, 4) is 0 Å². The number of hydrogen-bond donors (Lipinski definition) is 0. The van der Waals surface area contributed by atoms with E-state index in [0.29, 0.717) is 0 Å². The molecule has 0 N–H and O–H groups in total. The second kappa shape index (κ2) is 6.62. The Kier molecular flexibility index (Phi) is 4.95. The molecule has 0 aliphatic carbocycles. The van der Waals surface area contributed by atoms with E-state index in [4.69, 9.17) is 0 Å². The maximum atomic E-state index is 13.6. The second-order valence-electron chi connectivity index (χ2n) is 5.17. The zero-order chi connectivity index (χ0) is 18.1. The van der Waals surface area contributed by atoms with Crippen molar-refractivity contribution in [2.24, 2.45) is 0 Å². The molecule has 0 amide bonds. The number of nitrogens with zero attached hydrogens (tertiary/aromatic N) is 2. The highest BCUT2D eigenvalue weighted by Gasteiger charge is 2.20. The molecule has 1 aromatic heterocycles. The van der Waals surface area contributed by atoms with E-state index in [1.807, 2.05) is 0 Å². The SMILES string of the molecule is CN(C)S(=O)(=O)c1ccc(=O)n(CC(=O)c2cc(F)ccc2F)c1. The largest absolute Gasteiger partial charge is 0.306 e. The van der Waals surface area contributed by atoms with Gasteiger partial charge >= 0.3 is 0 Å². The molecule has 0 atom stereocenters. The smallest absolute Gasteiger partial charge is 0.251 e. The van der Waals surface area contributed by atoms with Crippen LogP contribution < -0.4 is 5.56 Å². The van der Waals surface area contributed by atoms with Gasteiger partial charge in [-0.2, -0.15) is 0 Å². The quantitative estimate of drug-likeness (QED) is 0.756. The molecule has 0 unspecified atom stereocenters.